The molecule has 6 nitrogen and oxygen atoms in total. The number of hydrogen-bond acceptors (Lipinski definition) is 4. The van der Waals surface area contributed by atoms with E-state index in [4.69, 9.17) is 10.5 Å². The zero-order valence-electron chi connectivity index (χ0n) is 14.1. The topological polar surface area (TPSA) is 102 Å². The van der Waals surface area contributed by atoms with E-state index in [2.05, 4.69) is 5.32 Å². The normalized spacial score (nSPS) is 17.4. The summed E-state index contributed by atoms with van der Waals surface area (Å²) in [5, 5.41) is 12.2. The second kappa shape index (κ2) is 8.15. The zero-order valence-corrected chi connectivity index (χ0v) is 14.1. The molecule has 0 radical (unpaired) electrons. The summed E-state index contributed by atoms with van der Waals surface area (Å²) in [5.41, 5.74) is 6.60. The van der Waals surface area contributed by atoms with E-state index in [9.17, 15) is 14.7 Å². The molecular weight excluding hydrogens is 308 g/mol. The number of benzene rings is 1. The molecule has 1 aliphatic carbocycles. The molecule has 1 fully saturated rings. The van der Waals surface area contributed by atoms with Crippen molar-refractivity contribution in [2.75, 3.05) is 19.5 Å². The van der Waals surface area contributed by atoms with E-state index in [-0.39, 0.29) is 12.3 Å². The Morgan fingerprint density at radius 2 is 1.92 bits per heavy atom. The van der Waals surface area contributed by atoms with E-state index in [1.807, 2.05) is 0 Å². The number of methoxy groups -OCH3 is 1. The van der Waals surface area contributed by atoms with Crippen molar-refractivity contribution in [3.8, 4) is 0 Å². The molecule has 1 amide bonds. The molecule has 1 aromatic carbocycles. The highest BCUT2D eigenvalue weighted by Gasteiger charge is 2.41. The first-order chi connectivity index (χ1) is 11.5. The van der Waals surface area contributed by atoms with Crippen molar-refractivity contribution in [1.82, 2.24) is 5.32 Å². The maximum Gasteiger partial charge on any atom is 0.326 e. The fourth-order valence-electron chi connectivity index (χ4n) is 3.34. The minimum Gasteiger partial charge on any atom is -0.480 e. The fourth-order valence-corrected chi connectivity index (χ4v) is 3.34. The smallest absolute Gasteiger partial charge is 0.326 e. The maximum absolute atomic E-state index is 12.8. The van der Waals surface area contributed by atoms with Gasteiger partial charge in [-0.15, -0.1) is 0 Å². The minimum atomic E-state index is -1.03. The molecule has 24 heavy (non-hydrogen) atoms. The van der Waals surface area contributed by atoms with Crippen LogP contribution >= 0.6 is 0 Å². The third-order valence-corrected chi connectivity index (χ3v) is 4.85. The summed E-state index contributed by atoms with van der Waals surface area (Å²) in [4.78, 5) is 24.4. The standard InChI is InChI=1S/C18H26N2O4/c1-24-11-10-18(8-2-3-9-18)17(23)20-15(16(21)22)12-13-4-6-14(19)7-5-13/h4-7,15H,2-3,8-12,19H2,1H3,(H,20,23)(H,21,22)/t15-/m0/s1. The highest BCUT2D eigenvalue weighted by Crippen LogP contribution is 2.41. The predicted octanol–water partition coefficient (Wildman–Crippen LogP) is 1.98. The number of nitrogen functional groups attached to an aromatic ring is 1. The first-order valence-electron chi connectivity index (χ1n) is 8.34. The number of carbonyl (C=O) groups is 2. The molecule has 4 N–H and O–H groups in total. The molecule has 0 spiro atoms. The molecule has 1 atom stereocenters. The Labute approximate surface area is 142 Å². The number of rotatable bonds is 8. The molecule has 0 unspecified atom stereocenters. The van der Waals surface area contributed by atoms with Gasteiger partial charge in [-0.3, -0.25) is 4.79 Å². The minimum absolute atomic E-state index is 0.167. The number of anilines is 1. The van der Waals surface area contributed by atoms with Gasteiger partial charge < -0.3 is 20.9 Å². The predicted molar refractivity (Wildman–Crippen MR) is 91.5 cm³/mol. The second-order valence-electron chi connectivity index (χ2n) is 6.54. The molecule has 0 aromatic heterocycles. The highest BCUT2D eigenvalue weighted by atomic mass is 16.5. The quantitative estimate of drug-likeness (QED) is 0.631. The van der Waals surface area contributed by atoms with Crippen LogP contribution in [0.5, 0.6) is 0 Å². The average Bonchev–Trinajstić information content (AvgIpc) is 3.04. The Hall–Kier alpha value is -2.08. The largest absolute Gasteiger partial charge is 0.480 e. The Bertz CT molecular complexity index is 565. The van der Waals surface area contributed by atoms with Crippen molar-refractivity contribution in [3.63, 3.8) is 0 Å². The molecule has 0 saturated heterocycles. The Balaban J connectivity index is 2.06. The number of carbonyl (C=O) groups excluding carboxylic acids is 1. The highest BCUT2D eigenvalue weighted by molar-refractivity contribution is 5.87. The lowest BCUT2D eigenvalue weighted by Crippen LogP contribution is -2.49. The van der Waals surface area contributed by atoms with Gasteiger partial charge in [0.25, 0.3) is 0 Å². The Kier molecular flexibility index (Phi) is 6.20. The van der Waals surface area contributed by atoms with Gasteiger partial charge in [0.2, 0.25) is 5.91 Å². The van der Waals surface area contributed by atoms with E-state index >= 15 is 0 Å². The molecule has 1 aromatic rings. The van der Waals surface area contributed by atoms with E-state index < -0.39 is 17.4 Å². The number of nitrogens with one attached hydrogen (secondary N) is 1. The second-order valence-corrected chi connectivity index (χ2v) is 6.54. The summed E-state index contributed by atoms with van der Waals surface area (Å²) in [6, 6.07) is 6.09. The summed E-state index contributed by atoms with van der Waals surface area (Å²) in [6.07, 6.45) is 4.43. The van der Waals surface area contributed by atoms with Crippen LogP contribution in [0.2, 0.25) is 0 Å². The SMILES string of the molecule is COCCC1(C(=O)N[C@@H](Cc2ccc(N)cc2)C(=O)O)CCCC1. The molecule has 1 saturated carbocycles. The zero-order chi connectivity index (χ0) is 17.6. The van der Waals surface area contributed by atoms with Crippen LogP contribution in [-0.2, 0) is 20.7 Å². The summed E-state index contributed by atoms with van der Waals surface area (Å²) in [5.74, 6) is -1.19. The van der Waals surface area contributed by atoms with Crippen LogP contribution in [-0.4, -0.2) is 36.7 Å². The summed E-state index contributed by atoms with van der Waals surface area (Å²) in [6.45, 7) is 0.503. The van der Waals surface area contributed by atoms with E-state index in [1.165, 1.54) is 0 Å². The van der Waals surface area contributed by atoms with Gasteiger partial charge in [0.15, 0.2) is 0 Å². The first-order valence-corrected chi connectivity index (χ1v) is 8.34. The first kappa shape index (κ1) is 18.3. The third kappa shape index (κ3) is 4.47. The molecule has 0 bridgehead atoms. The van der Waals surface area contributed by atoms with Gasteiger partial charge in [0, 0.05) is 25.8 Å². The molecule has 132 valence electrons. The number of amides is 1. The van der Waals surface area contributed by atoms with Crippen molar-refractivity contribution in [1.29, 1.82) is 0 Å². The van der Waals surface area contributed by atoms with Crippen LogP contribution in [0, 0.1) is 5.41 Å². The number of nitrogens with two attached hydrogens (primary N) is 1. The molecular formula is C18H26N2O4. The van der Waals surface area contributed by atoms with E-state index in [0.717, 1.165) is 31.2 Å². The van der Waals surface area contributed by atoms with Gasteiger partial charge >= 0.3 is 5.97 Å². The third-order valence-electron chi connectivity index (χ3n) is 4.85. The molecule has 0 heterocycles. The van der Waals surface area contributed by atoms with Crippen LogP contribution in [0.3, 0.4) is 0 Å². The lowest BCUT2D eigenvalue weighted by Gasteiger charge is -2.29. The van der Waals surface area contributed by atoms with E-state index in [0.29, 0.717) is 18.7 Å². The summed E-state index contributed by atoms with van der Waals surface area (Å²) >= 11 is 0. The number of carboxylic acids is 1. The van der Waals surface area contributed by atoms with Crippen LogP contribution in [0.25, 0.3) is 0 Å². The summed E-state index contributed by atoms with van der Waals surface area (Å²) in [7, 11) is 1.61. The van der Waals surface area contributed by atoms with Crippen LogP contribution < -0.4 is 11.1 Å². The number of aliphatic carboxylic acids is 1. The van der Waals surface area contributed by atoms with Crippen LogP contribution in [0.1, 0.15) is 37.7 Å². The van der Waals surface area contributed by atoms with Crippen LogP contribution in [0.15, 0.2) is 24.3 Å². The van der Waals surface area contributed by atoms with E-state index in [1.54, 1.807) is 31.4 Å². The van der Waals surface area contributed by atoms with Gasteiger partial charge in [-0.25, -0.2) is 4.79 Å². The maximum atomic E-state index is 12.8. The fraction of sp³-hybridized carbons (Fsp3) is 0.556. The van der Waals surface area contributed by atoms with Crippen molar-refractivity contribution >= 4 is 17.6 Å². The van der Waals surface area contributed by atoms with Gasteiger partial charge in [-0.2, -0.15) is 0 Å². The van der Waals surface area contributed by atoms with Crippen molar-refractivity contribution in [2.45, 2.75) is 44.6 Å². The lowest BCUT2D eigenvalue weighted by atomic mass is 9.81. The number of ether oxygens (including phenoxy) is 1. The van der Waals surface area contributed by atoms with Gasteiger partial charge in [-0.1, -0.05) is 25.0 Å². The molecule has 6 heteroatoms. The van der Waals surface area contributed by atoms with Gasteiger partial charge in [-0.05, 0) is 37.0 Å². The molecule has 0 aliphatic heterocycles. The lowest BCUT2D eigenvalue weighted by molar-refractivity contribution is -0.144. The monoisotopic (exact) mass is 334 g/mol. The number of hydrogen-bond donors (Lipinski definition) is 3. The Morgan fingerprint density at radius 3 is 2.46 bits per heavy atom. The average molecular weight is 334 g/mol. The molecule has 1 aliphatic rings. The Morgan fingerprint density at radius 1 is 1.29 bits per heavy atom. The number of carboxylic acid groups (broad SMARTS) is 1. The van der Waals surface area contributed by atoms with Gasteiger partial charge in [0.05, 0.1) is 5.41 Å². The van der Waals surface area contributed by atoms with Crippen molar-refractivity contribution in [2.24, 2.45) is 5.41 Å². The van der Waals surface area contributed by atoms with Crippen molar-refractivity contribution in [3.05, 3.63) is 29.8 Å². The van der Waals surface area contributed by atoms with Crippen LogP contribution in [0.4, 0.5) is 5.69 Å². The molecule has 2 rings (SSSR count). The summed E-state index contributed by atoms with van der Waals surface area (Å²) < 4.78 is 5.13. The van der Waals surface area contributed by atoms with Gasteiger partial charge in [0.1, 0.15) is 6.04 Å². The van der Waals surface area contributed by atoms with Crippen molar-refractivity contribution < 1.29 is 19.4 Å².